The molecule has 0 aromatic rings. The third-order valence-electron chi connectivity index (χ3n) is 4.63. The largest absolute Gasteiger partial charge is 0.469 e. The predicted octanol–water partition coefficient (Wildman–Crippen LogP) is 6.13. The molecular formula is C22H40O4. The van der Waals surface area contributed by atoms with Gasteiger partial charge in [-0.2, -0.15) is 0 Å². The predicted molar refractivity (Wildman–Crippen MR) is 107 cm³/mol. The van der Waals surface area contributed by atoms with Crippen LogP contribution in [0, 0.1) is 0 Å². The molecule has 0 unspecified atom stereocenters. The lowest BCUT2D eigenvalue weighted by Crippen LogP contribution is -1.99. The first-order chi connectivity index (χ1) is 12.7. The van der Waals surface area contributed by atoms with Crippen LogP contribution in [-0.2, 0) is 19.1 Å². The van der Waals surface area contributed by atoms with Gasteiger partial charge in [-0.1, -0.05) is 63.5 Å². The van der Waals surface area contributed by atoms with E-state index in [0.717, 1.165) is 32.1 Å². The maximum absolute atomic E-state index is 11.0. The molecule has 152 valence electrons. The first-order valence-electron chi connectivity index (χ1n) is 10.5. The van der Waals surface area contributed by atoms with Gasteiger partial charge in [-0.15, -0.1) is 0 Å². The van der Waals surface area contributed by atoms with Crippen molar-refractivity contribution in [1.29, 1.82) is 0 Å². The molecule has 0 aliphatic heterocycles. The van der Waals surface area contributed by atoms with Gasteiger partial charge in [0, 0.05) is 12.8 Å². The Labute approximate surface area is 160 Å². The van der Waals surface area contributed by atoms with Crippen molar-refractivity contribution in [2.75, 3.05) is 14.2 Å². The van der Waals surface area contributed by atoms with E-state index in [-0.39, 0.29) is 11.9 Å². The summed E-state index contributed by atoms with van der Waals surface area (Å²) in [5.74, 6) is -0.189. The number of hydrogen-bond acceptors (Lipinski definition) is 4. The standard InChI is InChI=1S/C22H40O4/c1-25-21(23)19-17-15-13-11-9-7-5-3-4-6-8-10-12-14-16-18-20-22(24)26-2/h9,11H,3-8,10,12-20H2,1-2H3/b11-9+. The number of hydrogen-bond donors (Lipinski definition) is 0. The molecule has 0 fully saturated rings. The highest BCUT2D eigenvalue weighted by molar-refractivity contribution is 5.69. The molecule has 0 amide bonds. The Balaban J connectivity index is 3.14. The first kappa shape index (κ1) is 24.7. The molecular weight excluding hydrogens is 328 g/mol. The normalized spacial score (nSPS) is 11.0. The van der Waals surface area contributed by atoms with Crippen molar-refractivity contribution in [2.24, 2.45) is 0 Å². The van der Waals surface area contributed by atoms with Gasteiger partial charge in [0.1, 0.15) is 0 Å². The number of esters is 2. The van der Waals surface area contributed by atoms with Gasteiger partial charge in [0.2, 0.25) is 0 Å². The van der Waals surface area contributed by atoms with Crippen molar-refractivity contribution >= 4 is 11.9 Å². The van der Waals surface area contributed by atoms with Crippen LogP contribution in [0.3, 0.4) is 0 Å². The van der Waals surface area contributed by atoms with Gasteiger partial charge in [0.15, 0.2) is 0 Å². The zero-order valence-electron chi connectivity index (χ0n) is 17.1. The van der Waals surface area contributed by atoms with E-state index in [2.05, 4.69) is 21.6 Å². The molecule has 0 aromatic carbocycles. The lowest BCUT2D eigenvalue weighted by Gasteiger charge is -2.02. The minimum atomic E-state index is -0.104. The number of allylic oxidation sites excluding steroid dienone is 2. The Morgan fingerprint density at radius 1 is 0.538 bits per heavy atom. The highest BCUT2D eigenvalue weighted by Crippen LogP contribution is 2.12. The van der Waals surface area contributed by atoms with Crippen molar-refractivity contribution in [3.8, 4) is 0 Å². The average molecular weight is 369 g/mol. The molecule has 26 heavy (non-hydrogen) atoms. The van der Waals surface area contributed by atoms with Gasteiger partial charge in [-0.3, -0.25) is 9.59 Å². The summed E-state index contributed by atoms with van der Waals surface area (Å²) in [6.45, 7) is 0. The van der Waals surface area contributed by atoms with Crippen molar-refractivity contribution in [1.82, 2.24) is 0 Å². The fourth-order valence-corrected chi connectivity index (χ4v) is 2.92. The van der Waals surface area contributed by atoms with E-state index in [4.69, 9.17) is 0 Å². The van der Waals surface area contributed by atoms with E-state index >= 15 is 0 Å². The van der Waals surface area contributed by atoms with Crippen LogP contribution in [0.1, 0.15) is 103 Å². The van der Waals surface area contributed by atoms with Crippen LogP contribution in [0.15, 0.2) is 12.2 Å². The Morgan fingerprint density at radius 2 is 0.846 bits per heavy atom. The monoisotopic (exact) mass is 368 g/mol. The van der Waals surface area contributed by atoms with Crippen molar-refractivity contribution in [3.05, 3.63) is 12.2 Å². The number of ether oxygens (including phenoxy) is 2. The van der Waals surface area contributed by atoms with Gasteiger partial charge in [-0.05, 0) is 38.5 Å². The molecule has 4 nitrogen and oxygen atoms in total. The summed E-state index contributed by atoms with van der Waals surface area (Å²) in [5.41, 5.74) is 0. The molecule has 0 heterocycles. The topological polar surface area (TPSA) is 52.6 Å². The van der Waals surface area contributed by atoms with Crippen molar-refractivity contribution in [3.63, 3.8) is 0 Å². The lowest BCUT2D eigenvalue weighted by atomic mass is 10.0. The average Bonchev–Trinajstić information content (AvgIpc) is 2.66. The second-order valence-electron chi connectivity index (χ2n) is 6.94. The SMILES string of the molecule is COC(=O)CCCC/C=C/CCCCCCCCCCCCC(=O)OC. The van der Waals surface area contributed by atoms with Crippen molar-refractivity contribution < 1.29 is 19.1 Å². The van der Waals surface area contributed by atoms with Crippen LogP contribution < -0.4 is 0 Å². The van der Waals surface area contributed by atoms with Crippen LogP contribution in [-0.4, -0.2) is 26.2 Å². The van der Waals surface area contributed by atoms with E-state index in [1.165, 1.54) is 72.0 Å². The summed E-state index contributed by atoms with van der Waals surface area (Å²) in [6, 6.07) is 0. The molecule has 0 N–H and O–H groups in total. The quantitative estimate of drug-likeness (QED) is 0.166. The third-order valence-corrected chi connectivity index (χ3v) is 4.63. The zero-order chi connectivity index (χ0) is 19.3. The van der Waals surface area contributed by atoms with E-state index in [1.54, 1.807) is 0 Å². The lowest BCUT2D eigenvalue weighted by molar-refractivity contribution is -0.141. The van der Waals surface area contributed by atoms with Gasteiger partial charge < -0.3 is 9.47 Å². The Kier molecular flexibility index (Phi) is 19.0. The third kappa shape index (κ3) is 19.0. The number of carbonyl (C=O) groups is 2. The van der Waals surface area contributed by atoms with E-state index < -0.39 is 0 Å². The highest BCUT2D eigenvalue weighted by Gasteiger charge is 1.99. The number of unbranched alkanes of at least 4 members (excludes halogenated alkanes) is 12. The van der Waals surface area contributed by atoms with E-state index in [9.17, 15) is 9.59 Å². The fraction of sp³-hybridized carbons (Fsp3) is 0.818. The van der Waals surface area contributed by atoms with Crippen LogP contribution in [0.4, 0.5) is 0 Å². The molecule has 0 spiro atoms. The molecule has 0 saturated heterocycles. The van der Waals surface area contributed by atoms with Gasteiger partial charge in [0.25, 0.3) is 0 Å². The summed E-state index contributed by atoms with van der Waals surface area (Å²) in [4.78, 5) is 21.9. The fourth-order valence-electron chi connectivity index (χ4n) is 2.92. The molecule has 4 heteroatoms. The number of rotatable bonds is 18. The maximum Gasteiger partial charge on any atom is 0.305 e. The second-order valence-corrected chi connectivity index (χ2v) is 6.94. The summed E-state index contributed by atoms with van der Waals surface area (Å²) in [5, 5.41) is 0. The molecule has 0 rings (SSSR count). The van der Waals surface area contributed by atoms with Crippen LogP contribution in [0.2, 0.25) is 0 Å². The Morgan fingerprint density at radius 3 is 1.27 bits per heavy atom. The van der Waals surface area contributed by atoms with E-state index in [0.29, 0.717) is 12.8 Å². The highest BCUT2D eigenvalue weighted by atomic mass is 16.5. The second kappa shape index (κ2) is 20.0. The van der Waals surface area contributed by atoms with Crippen LogP contribution >= 0.6 is 0 Å². The molecule has 0 aliphatic rings. The number of methoxy groups -OCH3 is 2. The van der Waals surface area contributed by atoms with Gasteiger partial charge in [-0.25, -0.2) is 0 Å². The Bertz CT molecular complexity index is 363. The van der Waals surface area contributed by atoms with Crippen LogP contribution in [0.5, 0.6) is 0 Å². The summed E-state index contributed by atoms with van der Waals surface area (Å²) in [7, 11) is 2.90. The minimum Gasteiger partial charge on any atom is -0.469 e. The number of carbonyl (C=O) groups excluding carboxylic acids is 2. The molecule has 0 aromatic heterocycles. The molecule has 0 atom stereocenters. The first-order valence-corrected chi connectivity index (χ1v) is 10.5. The molecule has 0 radical (unpaired) electrons. The summed E-state index contributed by atoms with van der Waals surface area (Å²) in [6.07, 6.45) is 22.5. The molecule has 0 saturated carbocycles. The summed E-state index contributed by atoms with van der Waals surface area (Å²) >= 11 is 0. The molecule has 0 aliphatic carbocycles. The smallest absolute Gasteiger partial charge is 0.305 e. The minimum absolute atomic E-state index is 0.0848. The van der Waals surface area contributed by atoms with Crippen LogP contribution in [0.25, 0.3) is 0 Å². The zero-order valence-corrected chi connectivity index (χ0v) is 17.1. The van der Waals surface area contributed by atoms with Crippen molar-refractivity contribution in [2.45, 2.75) is 103 Å². The molecule has 0 bridgehead atoms. The van der Waals surface area contributed by atoms with Gasteiger partial charge >= 0.3 is 11.9 Å². The Hall–Kier alpha value is -1.32. The summed E-state index contributed by atoms with van der Waals surface area (Å²) < 4.78 is 9.25. The van der Waals surface area contributed by atoms with Gasteiger partial charge in [0.05, 0.1) is 14.2 Å². The van der Waals surface area contributed by atoms with E-state index in [1.807, 2.05) is 0 Å². The maximum atomic E-state index is 11.0.